The van der Waals surface area contributed by atoms with Gasteiger partial charge in [0.25, 0.3) is 0 Å². The molecule has 0 saturated heterocycles. The van der Waals surface area contributed by atoms with Gasteiger partial charge in [-0.2, -0.15) is 5.26 Å². The Hall–Kier alpha value is -0.510. The molecule has 3 aliphatic carbocycles. The van der Waals surface area contributed by atoms with Crippen LogP contribution < -0.4 is 0 Å². The van der Waals surface area contributed by atoms with E-state index in [0.717, 1.165) is 29.6 Å². The fourth-order valence-corrected chi connectivity index (χ4v) is 5.83. The number of hydrogen-bond acceptors (Lipinski definition) is 1. The van der Waals surface area contributed by atoms with Gasteiger partial charge >= 0.3 is 0 Å². The quantitative estimate of drug-likeness (QED) is 0.629. The molecule has 0 aliphatic heterocycles. The van der Waals surface area contributed by atoms with Gasteiger partial charge in [-0.15, -0.1) is 0 Å². The van der Waals surface area contributed by atoms with Crippen LogP contribution in [0.2, 0.25) is 0 Å². The fraction of sp³-hybridized carbons (Fsp3) is 0.950. The van der Waals surface area contributed by atoms with Crippen LogP contribution in [0.25, 0.3) is 0 Å². The van der Waals surface area contributed by atoms with Crippen molar-refractivity contribution >= 4 is 0 Å². The van der Waals surface area contributed by atoms with Crippen LogP contribution >= 0.6 is 0 Å². The lowest BCUT2D eigenvalue weighted by Crippen LogP contribution is -2.34. The minimum atomic E-state index is 0.382. The molecule has 0 N–H and O–H groups in total. The summed E-state index contributed by atoms with van der Waals surface area (Å²) in [6.07, 6.45) is 17.1. The summed E-state index contributed by atoms with van der Waals surface area (Å²) >= 11 is 0. The molecule has 0 bridgehead atoms. The molecule has 3 rings (SSSR count). The van der Waals surface area contributed by atoms with Crippen LogP contribution in [0.4, 0.5) is 0 Å². The first-order chi connectivity index (χ1) is 10.3. The number of fused-ring (bicyclic) bond motifs is 1. The van der Waals surface area contributed by atoms with Crippen LogP contribution in [0.5, 0.6) is 0 Å². The standard InChI is InChI=1S/C20H33N/c1-2-3-15-4-7-17(8-5-15)19-11-10-18-12-16(14-21)6-9-20(18)13-19/h15-20H,2-13H2,1H3. The van der Waals surface area contributed by atoms with Crippen molar-refractivity contribution in [1.29, 1.82) is 5.26 Å². The van der Waals surface area contributed by atoms with E-state index in [4.69, 9.17) is 5.26 Å². The van der Waals surface area contributed by atoms with Crippen LogP contribution in [0.1, 0.15) is 84.0 Å². The van der Waals surface area contributed by atoms with Gasteiger partial charge in [0.15, 0.2) is 0 Å². The van der Waals surface area contributed by atoms with Gasteiger partial charge in [0.05, 0.1) is 6.07 Å². The third kappa shape index (κ3) is 3.64. The van der Waals surface area contributed by atoms with Gasteiger partial charge in [-0.1, -0.05) is 32.6 Å². The van der Waals surface area contributed by atoms with Crippen molar-refractivity contribution in [3.05, 3.63) is 0 Å². The molecule has 0 aromatic rings. The van der Waals surface area contributed by atoms with Gasteiger partial charge in [0, 0.05) is 5.92 Å². The van der Waals surface area contributed by atoms with E-state index in [1.54, 1.807) is 0 Å². The van der Waals surface area contributed by atoms with Crippen molar-refractivity contribution in [3.8, 4) is 6.07 Å². The monoisotopic (exact) mass is 287 g/mol. The summed E-state index contributed by atoms with van der Waals surface area (Å²) in [4.78, 5) is 0. The lowest BCUT2D eigenvalue weighted by Gasteiger charge is -2.44. The Morgan fingerprint density at radius 2 is 1.33 bits per heavy atom. The van der Waals surface area contributed by atoms with Crippen LogP contribution in [-0.2, 0) is 0 Å². The van der Waals surface area contributed by atoms with E-state index in [2.05, 4.69) is 13.0 Å². The molecule has 3 saturated carbocycles. The second-order valence-electron chi connectivity index (χ2n) is 8.30. The van der Waals surface area contributed by atoms with Crippen molar-refractivity contribution in [2.75, 3.05) is 0 Å². The van der Waals surface area contributed by atoms with Gasteiger partial charge in [-0.3, -0.25) is 0 Å². The number of nitrogens with zero attached hydrogens (tertiary/aromatic N) is 1. The highest BCUT2D eigenvalue weighted by molar-refractivity contribution is 4.94. The van der Waals surface area contributed by atoms with E-state index in [1.165, 1.54) is 77.0 Å². The predicted molar refractivity (Wildman–Crippen MR) is 87.6 cm³/mol. The maximum atomic E-state index is 9.16. The molecule has 1 nitrogen and oxygen atoms in total. The Morgan fingerprint density at radius 3 is 2.00 bits per heavy atom. The average Bonchev–Trinajstić information content (AvgIpc) is 2.55. The predicted octanol–water partition coefficient (Wildman–Crippen LogP) is 5.95. The first-order valence-corrected chi connectivity index (χ1v) is 9.69. The van der Waals surface area contributed by atoms with Gasteiger partial charge in [-0.05, 0) is 81.0 Å². The molecule has 0 aromatic heterocycles. The lowest BCUT2D eigenvalue weighted by atomic mass is 9.61. The molecular formula is C20H33N. The summed E-state index contributed by atoms with van der Waals surface area (Å²) in [7, 11) is 0. The highest BCUT2D eigenvalue weighted by atomic mass is 14.4. The molecule has 1 heteroatoms. The number of hydrogen-bond donors (Lipinski definition) is 0. The molecular weight excluding hydrogens is 254 g/mol. The third-order valence-corrected chi connectivity index (χ3v) is 7.09. The molecule has 0 aromatic carbocycles. The molecule has 0 spiro atoms. The smallest absolute Gasteiger partial charge is 0.0655 e. The SMILES string of the molecule is CCCC1CCC(C2CCC3CC(C#N)CCC3C2)CC1. The molecule has 0 radical (unpaired) electrons. The number of rotatable bonds is 3. The zero-order chi connectivity index (χ0) is 14.7. The third-order valence-electron chi connectivity index (χ3n) is 7.09. The van der Waals surface area contributed by atoms with Crippen LogP contribution in [0.3, 0.4) is 0 Å². The summed E-state index contributed by atoms with van der Waals surface area (Å²) in [5, 5.41) is 9.16. The molecule has 4 atom stereocenters. The molecule has 3 fully saturated rings. The van der Waals surface area contributed by atoms with E-state index >= 15 is 0 Å². The zero-order valence-electron chi connectivity index (χ0n) is 13.9. The minimum Gasteiger partial charge on any atom is -0.198 e. The largest absolute Gasteiger partial charge is 0.198 e. The van der Waals surface area contributed by atoms with Crippen molar-refractivity contribution < 1.29 is 0 Å². The first-order valence-electron chi connectivity index (χ1n) is 9.69. The summed E-state index contributed by atoms with van der Waals surface area (Å²) in [5.74, 6) is 5.39. The Balaban J connectivity index is 1.48. The maximum Gasteiger partial charge on any atom is 0.0655 e. The highest BCUT2D eigenvalue weighted by Crippen LogP contribution is 2.49. The summed E-state index contributed by atoms with van der Waals surface area (Å²) < 4.78 is 0. The fourth-order valence-electron chi connectivity index (χ4n) is 5.83. The second kappa shape index (κ2) is 7.17. The van der Waals surface area contributed by atoms with Crippen molar-refractivity contribution in [2.45, 2.75) is 84.0 Å². The molecule has 0 amide bonds. The average molecular weight is 287 g/mol. The maximum absolute atomic E-state index is 9.16. The van der Waals surface area contributed by atoms with E-state index in [-0.39, 0.29) is 0 Å². The summed E-state index contributed by atoms with van der Waals surface area (Å²) in [5.41, 5.74) is 0. The van der Waals surface area contributed by atoms with Gasteiger partial charge in [0.1, 0.15) is 0 Å². The minimum absolute atomic E-state index is 0.382. The Kier molecular flexibility index (Phi) is 5.25. The molecule has 4 unspecified atom stereocenters. The Morgan fingerprint density at radius 1 is 0.762 bits per heavy atom. The van der Waals surface area contributed by atoms with Gasteiger partial charge in [0.2, 0.25) is 0 Å². The van der Waals surface area contributed by atoms with Crippen molar-refractivity contribution in [1.82, 2.24) is 0 Å². The van der Waals surface area contributed by atoms with E-state index in [0.29, 0.717) is 5.92 Å². The summed E-state index contributed by atoms with van der Waals surface area (Å²) in [6, 6.07) is 2.53. The zero-order valence-corrected chi connectivity index (χ0v) is 13.9. The van der Waals surface area contributed by atoms with Crippen LogP contribution in [-0.4, -0.2) is 0 Å². The van der Waals surface area contributed by atoms with Crippen molar-refractivity contribution in [3.63, 3.8) is 0 Å². The summed E-state index contributed by atoms with van der Waals surface area (Å²) in [6.45, 7) is 2.34. The molecule has 21 heavy (non-hydrogen) atoms. The first kappa shape index (κ1) is 15.4. The van der Waals surface area contributed by atoms with E-state index < -0.39 is 0 Å². The normalized spacial score (nSPS) is 43.8. The van der Waals surface area contributed by atoms with Crippen LogP contribution in [0, 0.1) is 46.8 Å². The number of nitriles is 1. The Bertz CT molecular complexity index is 361. The van der Waals surface area contributed by atoms with Crippen LogP contribution in [0.15, 0.2) is 0 Å². The van der Waals surface area contributed by atoms with E-state index in [9.17, 15) is 0 Å². The van der Waals surface area contributed by atoms with Gasteiger partial charge < -0.3 is 0 Å². The highest BCUT2D eigenvalue weighted by Gasteiger charge is 2.38. The van der Waals surface area contributed by atoms with E-state index in [1.807, 2.05) is 0 Å². The van der Waals surface area contributed by atoms with Crippen molar-refractivity contribution in [2.24, 2.45) is 35.5 Å². The topological polar surface area (TPSA) is 23.8 Å². The molecule has 0 heterocycles. The molecule has 3 aliphatic rings. The lowest BCUT2D eigenvalue weighted by molar-refractivity contribution is 0.0682. The van der Waals surface area contributed by atoms with Gasteiger partial charge in [-0.25, -0.2) is 0 Å². The Labute approximate surface area is 131 Å². The second-order valence-corrected chi connectivity index (χ2v) is 8.30. The molecule has 118 valence electrons.